The van der Waals surface area contributed by atoms with E-state index in [1.165, 1.54) is 31.4 Å². The molecule has 4 rings (SSSR count). The highest BCUT2D eigenvalue weighted by Gasteiger charge is 2.48. The summed E-state index contributed by atoms with van der Waals surface area (Å²) in [6.07, 6.45) is 1.13. The molecule has 216 valence electrons. The summed E-state index contributed by atoms with van der Waals surface area (Å²) >= 11 is 0. The number of likely N-dealkylation sites (tertiary alicyclic amines) is 1. The molecule has 0 saturated carbocycles. The third-order valence-electron chi connectivity index (χ3n) is 8.84. The molecule has 0 bridgehead atoms. The number of halogens is 2. The van der Waals surface area contributed by atoms with E-state index in [2.05, 4.69) is 33.9 Å². The Bertz CT molecular complexity index is 1400. The molecule has 40 heavy (non-hydrogen) atoms. The van der Waals surface area contributed by atoms with Crippen molar-refractivity contribution in [3.63, 3.8) is 0 Å². The monoisotopic (exact) mass is 570 g/mol. The Labute approximate surface area is 236 Å². The maximum atomic E-state index is 14.4. The molecule has 0 aliphatic carbocycles. The Kier molecular flexibility index (Phi) is 8.29. The molecule has 1 saturated heterocycles. The van der Waals surface area contributed by atoms with E-state index in [9.17, 15) is 18.4 Å². The molecule has 0 spiro atoms. The minimum absolute atomic E-state index is 0.0541. The average Bonchev–Trinajstić information content (AvgIpc) is 3.24. The topological polar surface area (TPSA) is 60.8 Å². The van der Waals surface area contributed by atoms with E-state index in [-0.39, 0.29) is 29.5 Å². The zero-order valence-electron chi connectivity index (χ0n) is 24.5. The van der Waals surface area contributed by atoms with Crippen LogP contribution >= 0.6 is 0 Å². The molecule has 2 heterocycles. The maximum absolute atomic E-state index is 14.4. The van der Waals surface area contributed by atoms with Gasteiger partial charge in [0.15, 0.2) is 8.32 Å². The first kappa shape index (κ1) is 29.9. The van der Waals surface area contributed by atoms with Crippen LogP contribution in [0.3, 0.4) is 0 Å². The predicted molar refractivity (Wildman–Crippen MR) is 155 cm³/mol. The molecule has 9 heteroatoms. The van der Waals surface area contributed by atoms with Crippen LogP contribution < -0.4 is 0 Å². The normalized spacial score (nSPS) is 20.1. The fraction of sp³-hybridized carbons (Fsp3) is 0.484. The van der Waals surface area contributed by atoms with Gasteiger partial charge in [-0.15, -0.1) is 0 Å². The number of rotatable bonds is 6. The second kappa shape index (κ2) is 11.1. The molecule has 2 aromatic carbocycles. The Hall–Kier alpha value is -3.04. The van der Waals surface area contributed by atoms with E-state index in [4.69, 9.17) is 9.16 Å². The van der Waals surface area contributed by atoms with Crippen molar-refractivity contribution in [3.05, 3.63) is 71.4 Å². The molecule has 3 aromatic rings. The van der Waals surface area contributed by atoms with Gasteiger partial charge >= 0.3 is 12.0 Å². The summed E-state index contributed by atoms with van der Waals surface area (Å²) in [5.74, 6) is -1.22. The average molecular weight is 571 g/mol. The van der Waals surface area contributed by atoms with Crippen LogP contribution in [0.25, 0.3) is 10.9 Å². The van der Waals surface area contributed by atoms with Gasteiger partial charge in [-0.1, -0.05) is 32.9 Å². The number of carbonyl (C=O) groups excluding carboxylic acids is 2. The molecule has 0 radical (unpaired) electrons. The van der Waals surface area contributed by atoms with Crippen LogP contribution in [0, 0.1) is 11.6 Å². The number of ether oxygens (including phenoxy) is 1. The van der Waals surface area contributed by atoms with E-state index in [0.29, 0.717) is 36.9 Å². The van der Waals surface area contributed by atoms with Gasteiger partial charge in [-0.3, -0.25) is 9.36 Å². The van der Waals surface area contributed by atoms with Crippen LogP contribution in [0.2, 0.25) is 18.1 Å². The van der Waals surface area contributed by atoms with E-state index in [1.807, 2.05) is 13.0 Å². The summed E-state index contributed by atoms with van der Waals surface area (Å²) in [6.45, 7) is 13.5. The molecule has 1 aliphatic heterocycles. The van der Waals surface area contributed by atoms with Gasteiger partial charge in [-0.2, -0.15) is 0 Å². The first-order valence-corrected chi connectivity index (χ1v) is 16.7. The predicted octanol–water partition coefficient (Wildman–Crippen LogP) is 7.05. The maximum Gasteiger partial charge on any atom is 0.329 e. The molecule has 1 fully saturated rings. The third kappa shape index (κ3) is 5.58. The fourth-order valence-corrected chi connectivity index (χ4v) is 6.50. The number of piperidine rings is 1. The number of methoxy groups -OCH3 is 1. The second-order valence-electron chi connectivity index (χ2n) is 12.4. The Morgan fingerprint density at radius 2 is 1.70 bits per heavy atom. The Balaban J connectivity index is 1.64. The Morgan fingerprint density at radius 3 is 2.30 bits per heavy atom. The van der Waals surface area contributed by atoms with E-state index >= 15 is 0 Å². The van der Waals surface area contributed by atoms with Crippen molar-refractivity contribution in [2.24, 2.45) is 0 Å². The molecule has 2 atom stereocenters. The lowest BCUT2D eigenvalue weighted by Gasteiger charge is -2.44. The minimum Gasteiger partial charge on any atom is -0.468 e. The van der Waals surface area contributed by atoms with Crippen LogP contribution in [0.4, 0.5) is 13.6 Å². The van der Waals surface area contributed by atoms with Crippen molar-refractivity contribution in [1.29, 1.82) is 0 Å². The highest BCUT2D eigenvalue weighted by Crippen LogP contribution is 2.40. The molecule has 1 amide bonds. The van der Waals surface area contributed by atoms with Crippen molar-refractivity contribution in [3.8, 4) is 0 Å². The number of esters is 1. The summed E-state index contributed by atoms with van der Waals surface area (Å²) in [5, 5.41) is 0.829. The van der Waals surface area contributed by atoms with E-state index in [1.54, 1.807) is 27.7 Å². The van der Waals surface area contributed by atoms with Crippen LogP contribution in [-0.2, 0) is 25.8 Å². The van der Waals surface area contributed by atoms with Gasteiger partial charge in [0.1, 0.15) is 11.6 Å². The van der Waals surface area contributed by atoms with Gasteiger partial charge in [0.2, 0.25) is 0 Å². The number of hydrogen-bond donors (Lipinski definition) is 0. The minimum atomic E-state index is -1.99. The number of hydrogen-bond acceptors (Lipinski definition) is 4. The number of nitrogens with zero attached hydrogens (tertiary/aromatic N) is 2. The number of carbonyl (C=O) groups is 2. The molecular weight excluding hydrogens is 530 g/mol. The zero-order chi connectivity index (χ0) is 29.5. The van der Waals surface area contributed by atoms with Crippen molar-refractivity contribution >= 4 is 31.2 Å². The first-order chi connectivity index (χ1) is 18.7. The van der Waals surface area contributed by atoms with Crippen LogP contribution in [0.5, 0.6) is 0 Å². The third-order valence-corrected chi connectivity index (χ3v) is 13.4. The molecular formula is C31H40F2N2O4Si. The van der Waals surface area contributed by atoms with Crippen molar-refractivity contribution in [2.45, 2.75) is 76.5 Å². The van der Waals surface area contributed by atoms with Gasteiger partial charge < -0.3 is 14.1 Å². The van der Waals surface area contributed by atoms with Gasteiger partial charge in [-0.25, -0.2) is 13.6 Å². The smallest absolute Gasteiger partial charge is 0.329 e. The molecule has 1 aliphatic rings. The summed E-state index contributed by atoms with van der Waals surface area (Å²) < 4.78 is 41.2. The van der Waals surface area contributed by atoms with E-state index in [0.717, 1.165) is 11.1 Å². The fourth-order valence-electron chi connectivity index (χ4n) is 5.46. The molecule has 6 nitrogen and oxygen atoms in total. The summed E-state index contributed by atoms with van der Waals surface area (Å²) in [5.41, 5.74) is 0.919. The first-order valence-electron chi connectivity index (χ1n) is 13.8. The number of amides is 1. The largest absolute Gasteiger partial charge is 0.468 e. The highest BCUT2D eigenvalue weighted by atomic mass is 28.4. The number of aromatic nitrogens is 1. The van der Waals surface area contributed by atoms with Gasteiger partial charge in [0, 0.05) is 36.7 Å². The molecule has 0 N–H and O–H groups in total. The summed E-state index contributed by atoms with van der Waals surface area (Å²) in [7, 11) is -0.651. The van der Waals surface area contributed by atoms with Crippen LogP contribution in [-0.4, -0.2) is 56.1 Å². The van der Waals surface area contributed by atoms with Gasteiger partial charge in [-0.05, 0) is 79.9 Å². The van der Waals surface area contributed by atoms with Crippen molar-refractivity contribution in [1.82, 2.24) is 9.47 Å². The second-order valence-corrected chi connectivity index (χ2v) is 17.2. The van der Waals surface area contributed by atoms with Crippen molar-refractivity contribution in [2.75, 3.05) is 20.3 Å². The van der Waals surface area contributed by atoms with Crippen LogP contribution in [0.15, 0.2) is 48.5 Å². The van der Waals surface area contributed by atoms with E-state index < -0.39 is 25.5 Å². The zero-order valence-corrected chi connectivity index (χ0v) is 25.5. The lowest BCUT2D eigenvalue weighted by molar-refractivity contribution is -0.150. The van der Waals surface area contributed by atoms with Crippen LogP contribution in [0.1, 0.15) is 51.8 Å². The number of fused-ring (bicyclic) bond motifs is 1. The quantitative estimate of drug-likeness (QED) is 0.235. The summed E-state index contributed by atoms with van der Waals surface area (Å²) in [6, 6.07) is 11.7. The standard InChI is InChI=1S/C31H40F2N2O4Si/c1-21-20-31(28(36)38-5,23-9-12-24(32)13-10-23)15-16-34(21)29(37)35-26(14-17-39-40(6,7)30(2,3)4)18-22-8-11-25(33)19-27(22)35/h8-13,18-19,21H,14-17,20H2,1-7H3/t21-,31-/m0/s1. The van der Waals surface area contributed by atoms with Crippen molar-refractivity contribution < 1.29 is 27.5 Å². The lowest BCUT2D eigenvalue weighted by atomic mass is 9.70. The van der Waals surface area contributed by atoms with Gasteiger partial charge in [0.25, 0.3) is 0 Å². The number of benzene rings is 2. The summed E-state index contributed by atoms with van der Waals surface area (Å²) in [4.78, 5) is 29.0. The Morgan fingerprint density at radius 1 is 1.05 bits per heavy atom. The molecule has 0 unspecified atom stereocenters. The molecule has 1 aromatic heterocycles. The lowest BCUT2D eigenvalue weighted by Crippen LogP contribution is -2.54. The highest BCUT2D eigenvalue weighted by molar-refractivity contribution is 6.74. The van der Waals surface area contributed by atoms with Gasteiger partial charge in [0.05, 0.1) is 18.0 Å². The SMILES string of the molecule is COC(=O)[C@@]1(c2ccc(F)cc2)CCN(C(=O)n2c(CCO[Si](C)(C)C(C)(C)C)cc3ccc(F)cc32)[C@@H](C)C1.